The van der Waals surface area contributed by atoms with Gasteiger partial charge in [0.05, 0.1) is 0 Å². The van der Waals surface area contributed by atoms with Crippen LogP contribution in [-0.2, 0) is 16.0 Å². The fraction of sp³-hybridized carbons (Fsp3) is 0.375. The summed E-state index contributed by atoms with van der Waals surface area (Å²) in [5.74, 6) is -1.08. The van der Waals surface area contributed by atoms with Gasteiger partial charge in [-0.1, -0.05) is 26.3 Å². The molecule has 1 unspecified atom stereocenters. The largest absolute Gasteiger partial charge is 0.340 e. The molecule has 2 N–H and O–H groups in total. The monoisotopic (exact) mass is 304 g/mol. The Bertz CT molecular complexity index is 569. The summed E-state index contributed by atoms with van der Waals surface area (Å²) in [6, 6.07) is 4.18. The third-order valence-corrected chi connectivity index (χ3v) is 3.30. The number of carbonyl (C=O) groups is 4. The maximum Gasteiger partial charge on any atom is 0.252 e. The van der Waals surface area contributed by atoms with Crippen molar-refractivity contribution in [3.05, 3.63) is 34.9 Å². The SMILES string of the molecule is CCCC(NC(=O)c1ccc(CC)cc1C=O)C(=O)NC=O. The van der Waals surface area contributed by atoms with Crippen LogP contribution in [-0.4, -0.2) is 30.6 Å². The van der Waals surface area contributed by atoms with E-state index in [1.54, 1.807) is 18.2 Å². The zero-order chi connectivity index (χ0) is 16.5. The minimum Gasteiger partial charge on any atom is -0.340 e. The first-order valence-corrected chi connectivity index (χ1v) is 7.20. The Morgan fingerprint density at radius 3 is 2.50 bits per heavy atom. The summed E-state index contributed by atoms with van der Waals surface area (Å²) in [7, 11) is 0. The molecule has 0 radical (unpaired) electrons. The van der Waals surface area contributed by atoms with Crippen LogP contribution >= 0.6 is 0 Å². The molecule has 3 amide bonds. The van der Waals surface area contributed by atoms with Crippen molar-refractivity contribution in [2.45, 2.75) is 39.2 Å². The molecule has 1 rings (SSSR count). The molecule has 118 valence electrons. The predicted molar refractivity (Wildman–Crippen MR) is 81.6 cm³/mol. The second kappa shape index (κ2) is 8.71. The average molecular weight is 304 g/mol. The number of hydrogen-bond acceptors (Lipinski definition) is 4. The Labute approximate surface area is 129 Å². The average Bonchev–Trinajstić information content (AvgIpc) is 2.53. The Hall–Kier alpha value is -2.50. The first-order chi connectivity index (χ1) is 10.6. The summed E-state index contributed by atoms with van der Waals surface area (Å²) in [6.45, 7) is 3.81. The maximum atomic E-state index is 12.3. The molecular weight excluding hydrogens is 284 g/mol. The highest BCUT2D eigenvalue weighted by Gasteiger charge is 2.21. The van der Waals surface area contributed by atoms with Gasteiger partial charge in [0, 0.05) is 11.1 Å². The van der Waals surface area contributed by atoms with Gasteiger partial charge in [0.15, 0.2) is 6.29 Å². The summed E-state index contributed by atoms with van der Waals surface area (Å²) in [6.07, 6.45) is 2.71. The molecule has 0 aromatic heterocycles. The first-order valence-electron chi connectivity index (χ1n) is 7.20. The van der Waals surface area contributed by atoms with E-state index in [0.717, 1.165) is 12.0 Å². The van der Waals surface area contributed by atoms with E-state index in [1.165, 1.54) is 0 Å². The Morgan fingerprint density at radius 1 is 1.23 bits per heavy atom. The van der Waals surface area contributed by atoms with E-state index in [9.17, 15) is 19.2 Å². The number of benzene rings is 1. The molecule has 0 bridgehead atoms. The summed E-state index contributed by atoms with van der Waals surface area (Å²) < 4.78 is 0. The van der Waals surface area contributed by atoms with Crippen molar-refractivity contribution in [2.24, 2.45) is 0 Å². The van der Waals surface area contributed by atoms with Gasteiger partial charge in [-0.15, -0.1) is 0 Å². The fourth-order valence-electron chi connectivity index (χ4n) is 2.09. The van der Waals surface area contributed by atoms with Crippen LogP contribution in [0.4, 0.5) is 0 Å². The van der Waals surface area contributed by atoms with E-state index >= 15 is 0 Å². The van der Waals surface area contributed by atoms with E-state index in [-0.39, 0.29) is 17.5 Å². The van der Waals surface area contributed by atoms with Crippen LogP contribution in [0.3, 0.4) is 0 Å². The van der Waals surface area contributed by atoms with Crippen LogP contribution in [0.15, 0.2) is 18.2 Å². The zero-order valence-electron chi connectivity index (χ0n) is 12.7. The number of aryl methyl sites for hydroxylation is 1. The van der Waals surface area contributed by atoms with Crippen molar-refractivity contribution in [3.8, 4) is 0 Å². The highest BCUT2D eigenvalue weighted by molar-refractivity contribution is 6.03. The normalized spacial score (nSPS) is 11.4. The van der Waals surface area contributed by atoms with E-state index in [0.29, 0.717) is 19.1 Å². The fourth-order valence-corrected chi connectivity index (χ4v) is 2.09. The minimum absolute atomic E-state index is 0.215. The van der Waals surface area contributed by atoms with Crippen LogP contribution < -0.4 is 10.6 Å². The zero-order valence-corrected chi connectivity index (χ0v) is 12.7. The molecule has 0 saturated carbocycles. The number of hydrogen-bond donors (Lipinski definition) is 2. The van der Waals surface area contributed by atoms with E-state index in [4.69, 9.17) is 0 Å². The van der Waals surface area contributed by atoms with E-state index in [2.05, 4.69) is 5.32 Å². The third-order valence-electron chi connectivity index (χ3n) is 3.30. The molecule has 0 saturated heterocycles. The second-order valence-electron chi connectivity index (χ2n) is 4.83. The smallest absolute Gasteiger partial charge is 0.252 e. The summed E-state index contributed by atoms with van der Waals surface area (Å²) in [4.78, 5) is 45.5. The van der Waals surface area contributed by atoms with Gasteiger partial charge >= 0.3 is 0 Å². The van der Waals surface area contributed by atoms with Crippen LogP contribution in [0.1, 0.15) is 53.0 Å². The van der Waals surface area contributed by atoms with Gasteiger partial charge < -0.3 is 5.32 Å². The molecule has 1 aromatic rings. The molecular formula is C16H20N2O4. The lowest BCUT2D eigenvalue weighted by atomic mass is 10.0. The molecule has 0 aliphatic rings. The molecule has 0 spiro atoms. The van der Waals surface area contributed by atoms with Crippen molar-refractivity contribution < 1.29 is 19.2 Å². The molecule has 0 aliphatic heterocycles. The van der Waals surface area contributed by atoms with Gasteiger partial charge in [-0.05, 0) is 30.5 Å². The van der Waals surface area contributed by atoms with Gasteiger partial charge in [-0.3, -0.25) is 24.5 Å². The van der Waals surface area contributed by atoms with Crippen LogP contribution in [0, 0.1) is 0 Å². The lowest BCUT2D eigenvalue weighted by Crippen LogP contribution is -2.46. The molecule has 1 atom stereocenters. The van der Waals surface area contributed by atoms with Gasteiger partial charge in [0.1, 0.15) is 6.04 Å². The minimum atomic E-state index is -0.812. The number of amides is 3. The molecule has 6 heteroatoms. The summed E-state index contributed by atoms with van der Waals surface area (Å²) in [5.41, 5.74) is 1.44. The van der Waals surface area contributed by atoms with Crippen molar-refractivity contribution in [1.29, 1.82) is 0 Å². The van der Waals surface area contributed by atoms with Crippen LogP contribution in [0.5, 0.6) is 0 Å². The van der Waals surface area contributed by atoms with E-state index < -0.39 is 17.9 Å². The third kappa shape index (κ3) is 4.51. The Kier molecular flexibility index (Phi) is 6.95. The predicted octanol–water partition coefficient (Wildman–Crippen LogP) is 1.23. The summed E-state index contributed by atoms with van der Waals surface area (Å²) in [5, 5.41) is 4.59. The van der Waals surface area contributed by atoms with Crippen LogP contribution in [0.25, 0.3) is 0 Å². The quantitative estimate of drug-likeness (QED) is 0.707. The van der Waals surface area contributed by atoms with Crippen molar-refractivity contribution in [3.63, 3.8) is 0 Å². The van der Waals surface area contributed by atoms with E-state index in [1.807, 2.05) is 19.2 Å². The molecule has 0 fully saturated rings. The molecule has 22 heavy (non-hydrogen) atoms. The highest BCUT2D eigenvalue weighted by atomic mass is 16.2. The molecule has 6 nitrogen and oxygen atoms in total. The van der Waals surface area contributed by atoms with Crippen molar-refractivity contribution >= 4 is 24.5 Å². The number of nitrogens with one attached hydrogen (secondary N) is 2. The van der Waals surface area contributed by atoms with Crippen molar-refractivity contribution in [2.75, 3.05) is 0 Å². The Balaban J connectivity index is 2.96. The topological polar surface area (TPSA) is 92.3 Å². The van der Waals surface area contributed by atoms with Gasteiger partial charge in [-0.25, -0.2) is 0 Å². The van der Waals surface area contributed by atoms with Gasteiger partial charge in [0.25, 0.3) is 5.91 Å². The highest BCUT2D eigenvalue weighted by Crippen LogP contribution is 2.12. The molecule has 1 aromatic carbocycles. The molecule has 0 aliphatic carbocycles. The van der Waals surface area contributed by atoms with Crippen LogP contribution in [0.2, 0.25) is 0 Å². The van der Waals surface area contributed by atoms with Gasteiger partial charge in [-0.2, -0.15) is 0 Å². The lowest BCUT2D eigenvalue weighted by molar-refractivity contribution is -0.126. The summed E-state index contributed by atoms with van der Waals surface area (Å²) >= 11 is 0. The van der Waals surface area contributed by atoms with Gasteiger partial charge in [0.2, 0.25) is 12.3 Å². The first kappa shape index (κ1) is 17.6. The molecule has 0 heterocycles. The standard InChI is InChI=1S/C16H20N2O4/c1-3-5-14(16(22)17-10-20)18-15(21)13-7-6-11(4-2)8-12(13)9-19/h6-10,14H,3-5H2,1-2H3,(H,18,21)(H,17,20,22). The number of aldehydes is 1. The second-order valence-corrected chi connectivity index (χ2v) is 4.83. The number of imide groups is 1. The Morgan fingerprint density at radius 2 is 1.95 bits per heavy atom. The number of rotatable bonds is 8. The maximum absolute atomic E-state index is 12.3. The lowest BCUT2D eigenvalue weighted by Gasteiger charge is -2.17. The van der Waals surface area contributed by atoms with Crippen molar-refractivity contribution in [1.82, 2.24) is 10.6 Å². The number of carbonyl (C=O) groups excluding carboxylic acids is 4.